The molecular weight excluding hydrogens is 250 g/mol. The molecule has 84 valence electrons. The topological polar surface area (TPSA) is 12.0 Å². The minimum atomic E-state index is 0.551. The van der Waals surface area contributed by atoms with Gasteiger partial charge in [0.15, 0.2) is 0 Å². The van der Waals surface area contributed by atoms with Crippen LogP contribution in [0.2, 0.25) is 0 Å². The van der Waals surface area contributed by atoms with Gasteiger partial charge in [-0.25, -0.2) is 0 Å². The molecule has 0 fully saturated rings. The Kier molecular flexibility index (Phi) is 4.65. The standard InChI is InChI=1S/C13H20BrN/c1-5-6-11(4)15-12-7-9(2)13(14)10(3)8-12/h7-8,11,15H,5-6H2,1-4H3. The molecule has 15 heavy (non-hydrogen) atoms. The van der Waals surface area contributed by atoms with Crippen molar-refractivity contribution >= 4 is 21.6 Å². The number of halogens is 1. The molecule has 0 saturated heterocycles. The first-order chi connectivity index (χ1) is 7.04. The second-order valence-electron chi connectivity index (χ2n) is 4.26. The zero-order valence-corrected chi connectivity index (χ0v) is 11.6. The van der Waals surface area contributed by atoms with Crippen LogP contribution in [0.5, 0.6) is 0 Å². The zero-order valence-electron chi connectivity index (χ0n) is 10.0. The average molecular weight is 270 g/mol. The van der Waals surface area contributed by atoms with E-state index in [9.17, 15) is 0 Å². The van der Waals surface area contributed by atoms with Crippen molar-refractivity contribution in [1.29, 1.82) is 0 Å². The molecule has 0 spiro atoms. The van der Waals surface area contributed by atoms with E-state index in [0.29, 0.717) is 6.04 Å². The van der Waals surface area contributed by atoms with E-state index in [0.717, 1.165) is 0 Å². The van der Waals surface area contributed by atoms with Gasteiger partial charge in [0.25, 0.3) is 0 Å². The molecule has 0 aromatic heterocycles. The highest BCUT2D eigenvalue weighted by atomic mass is 79.9. The lowest BCUT2D eigenvalue weighted by atomic mass is 10.1. The SMILES string of the molecule is CCCC(C)Nc1cc(C)c(Br)c(C)c1. The van der Waals surface area contributed by atoms with Gasteiger partial charge in [-0.2, -0.15) is 0 Å². The number of hydrogen-bond donors (Lipinski definition) is 1. The van der Waals surface area contributed by atoms with Gasteiger partial charge in [-0.3, -0.25) is 0 Å². The lowest BCUT2D eigenvalue weighted by Gasteiger charge is -2.16. The van der Waals surface area contributed by atoms with Crippen molar-refractivity contribution in [2.75, 3.05) is 5.32 Å². The fourth-order valence-electron chi connectivity index (χ4n) is 1.82. The monoisotopic (exact) mass is 269 g/mol. The molecule has 0 aliphatic rings. The summed E-state index contributed by atoms with van der Waals surface area (Å²) in [6.45, 7) is 8.71. The van der Waals surface area contributed by atoms with Crippen LogP contribution in [0.3, 0.4) is 0 Å². The zero-order chi connectivity index (χ0) is 11.4. The summed E-state index contributed by atoms with van der Waals surface area (Å²) in [5, 5.41) is 3.53. The lowest BCUT2D eigenvalue weighted by molar-refractivity contribution is 0.690. The van der Waals surface area contributed by atoms with Gasteiger partial charge in [0.05, 0.1) is 0 Å². The molecule has 0 radical (unpaired) electrons. The Morgan fingerprint density at radius 3 is 2.27 bits per heavy atom. The second kappa shape index (κ2) is 5.55. The average Bonchev–Trinajstić information content (AvgIpc) is 2.14. The molecule has 0 heterocycles. The van der Waals surface area contributed by atoms with Crippen LogP contribution in [0, 0.1) is 13.8 Å². The van der Waals surface area contributed by atoms with Gasteiger partial charge in [0.1, 0.15) is 0 Å². The van der Waals surface area contributed by atoms with Gasteiger partial charge in [-0.1, -0.05) is 29.3 Å². The summed E-state index contributed by atoms with van der Waals surface area (Å²) < 4.78 is 1.22. The quantitative estimate of drug-likeness (QED) is 0.838. The molecule has 2 heteroatoms. The largest absolute Gasteiger partial charge is 0.383 e. The molecule has 1 aromatic rings. The molecule has 0 amide bonds. The van der Waals surface area contributed by atoms with E-state index in [4.69, 9.17) is 0 Å². The van der Waals surface area contributed by atoms with Gasteiger partial charge < -0.3 is 5.32 Å². The molecule has 0 saturated carbocycles. The van der Waals surface area contributed by atoms with E-state index >= 15 is 0 Å². The molecule has 0 aliphatic heterocycles. The Hall–Kier alpha value is -0.500. The highest BCUT2D eigenvalue weighted by Gasteiger charge is 2.04. The number of anilines is 1. The van der Waals surface area contributed by atoms with E-state index in [1.54, 1.807) is 0 Å². The van der Waals surface area contributed by atoms with Crippen molar-refractivity contribution in [1.82, 2.24) is 0 Å². The van der Waals surface area contributed by atoms with Gasteiger partial charge in [0.2, 0.25) is 0 Å². The third kappa shape index (κ3) is 3.53. The number of hydrogen-bond acceptors (Lipinski definition) is 1. The smallest absolute Gasteiger partial charge is 0.0348 e. The fourth-order valence-corrected chi connectivity index (χ4v) is 2.05. The summed E-state index contributed by atoms with van der Waals surface area (Å²) in [7, 11) is 0. The summed E-state index contributed by atoms with van der Waals surface area (Å²) in [6, 6.07) is 4.95. The molecule has 1 atom stereocenters. The van der Waals surface area contributed by atoms with Crippen molar-refractivity contribution in [2.45, 2.75) is 46.6 Å². The van der Waals surface area contributed by atoms with Crippen LogP contribution in [0.4, 0.5) is 5.69 Å². The number of rotatable bonds is 4. The van der Waals surface area contributed by atoms with Crippen molar-refractivity contribution in [3.63, 3.8) is 0 Å². The molecule has 1 rings (SSSR count). The first-order valence-corrected chi connectivity index (χ1v) is 6.37. The molecule has 0 aliphatic carbocycles. The normalized spacial score (nSPS) is 12.6. The number of aryl methyl sites for hydroxylation is 2. The molecule has 1 nitrogen and oxygen atoms in total. The van der Waals surface area contributed by atoms with Crippen molar-refractivity contribution < 1.29 is 0 Å². The fraction of sp³-hybridized carbons (Fsp3) is 0.538. The minimum absolute atomic E-state index is 0.551. The van der Waals surface area contributed by atoms with Gasteiger partial charge in [0, 0.05) is 16.2 Å². The van der Waals surface area contributed by atoms with E-state index in [1.807, 2.05) is 0 Å². The third-order valence-corrected chi connectivity index (χ3v) is 3.82. The second-order valence-corrected chi connectivity index (χ2v) is 5.05. The van der Waals surface area contributed by atoms with Crippen LogP contribution in [0.15, 0.2) is 16.6 Å². The van der Waals surface area contributed by atoms with E-state index in [-0.39, 0.29) is 0 Å². The minimum Gasteiger partial charge on any atom is -0.383 e. The Morgan fingerprint density at radius 2 is 1.80 bits per heavy atom. The summed E-state index contributed by atoms with van der Waals surface area (Å²) in [4.78, 5) is 0. The van der Waals surface area contributed by atoms with Crippen molar-refractivity contribution in [3.8, 4) is 0 Å². The van der Waals surface area contributed by atoms with Crippen LogP contribution in [0.25, 0.3) is 0 Å². The van der Waals surface area contributed by atoms with Crippen molar-refractivity contribution in [3.05, 3.63) is 27.7 Å². The number of benzene rings is 1. The Balaban J connectivity index is 2.78. The molecule has 1 N–H and O–H groups in total. The van der Waals surface area contributed by atoms with E-state index in [1.165, 1.54) is 34.1 Å². The van der Waals surface area contributed by atoms with Crippen LogP contribution in [-0.4, -0.2) is 6.04 Å². The van der Waals surface area contributed by atoms with Crippen LogP contribution >= 0.6 is 15.9 Å². The highest BCUT2D eigenvalue weighted by molar-refractivity contribution is 9.10. The van der Waals surface area contributed by atoms with Gasteiger partial charge >= 0.3 is 0 Å². The molecule has 0 bridgehead atoms. The van der Waals surface area contributed by atoms with Gasteiger partial charge in [-0.15, -0.1) is 0 Å². The number of nitrogens with one attached hydrogen (secondary N) is 1. The maximum Gasteiger partial charge on any atom is 0.0348 e. The Labute approximate surface area is 101 Å². The van der Waals surface area contributed by atoms with Crippen LogP contribution < -0.4 is 5.32 Å². The third-order valence-electron chi connectivity index (χ3n) is 2.57. The maximum absolute atomic E-state index is 3.58. The van der Waals surface area contributed by atoms with Crippen molar-refractivity contribution in [2.24, 2.45) is 0 Å². The summed E-state index contributed by atoms with van der Waals surface area (Å²) in [6.07, 6.45) is 2.44. The summed E-state index contributed by atoms with van der Waals surface area (Å²) in [5.74, 6) is 0. The molecular formula is C13H20BrN. The predicted molar refractivity (Wildman–Crippen MR) is 71.6 cm³/mol. The Morgan fingerprint density at radius 1 is 1.27 bits per heavy atom. The maximum atomic E-state index is 3.58. The van der Waals surface area contributed by atoms with E-state index in [2.05, 4.69) is 61.1 Å². The van der Waals surface area contributed by atoms with Crippen LogP contribution in [-0.2, 0) is 0 Å². The summed E-state index contributed by atoms with van der Waals surface area (Å²) >= 11 is 3.58. The highest BCUT2D eigenvalue weighted by Crippen LogP contribution is 2.25. The lowest BCUT2D eigenvalue weighted by Crippen LogP contribution is -2.14. The molecule has 1 aromatic carbocycles. The first kappa shape index (κ1) is 12.6. The Bertz CT molecular complexity index is 310. The van der Waals surface area contributed by atoms with Gasteiger partial charge in [-0.05, 0) is 50.5 Å². The predicted octanol–water partition coefficient (Wildman–Crippen LogP) is 4.67. The van der Waals surface area contributed by atoms with Crippen LogP contribution in [0.1, 0.15) is 37.8 Å². The summed E-state index contributed by atoms with van der Waals surface area (Å²) in [5.41, 5.74) is 3.82. The molecule has 1 unspecified atom stereocenters. The first-order valence-electron chi connectivity index (χ1n) is 5.58. The van der Waals surface area contributed by atoms with E-state index < -0.39 is 0 Å².